The molecule has 0 saturated heterocycles. The van der Waals surface area contributed by atoms with E-state index in [1.54, 1.807) is 0 Å². The van der Waals surface area contributed by atoms with Crippen molar-refractivity contribution in [2.24, 2.45) is 4.99 Å². The maximum atomic E-state index is 6.71. The molecule has 2 aliphatic heterocycles. The van der Waals surface area contributed by atoms with Gasteiger partial charge in [-0.15, -0.1) is 0 Å². The van der Waals surface area contributed by atoms with Gasteiger partial charge < -0.3 is 18.9 Å². The van der Waals surface area contributed by atoms with Crippen LogP contribution < -0.4 is 24.2 Å². The zero-order valence-corrected chi connectivity index (χ0v) is 23.8. The minimum absolute atomic E-state index is 0.192. The summed E-state index contributed by atoms with van der Waals surface area (Å²) < 4.78 is 17.5. The van der Waals surface area contributed by atoms with E-state index in [4.69, 9.17) is 25.8 Å². The van der Waals surface area contributed by atoms with Crippen molar-refractivity contribution in [3.63, 3.8) is 0 Å². The Bertz CT molecular complexity index is 1630. The van der Waals surface area contributed by atoms with E-state index in [9.17, 15) is 0 Å². The second kappa shape index (κ2) is 10.0. The van der Waals surface area contributed by atoms with Crippen LogP contribution in [0.15, 0.2) is 114 Å². The van der Waals surface area contributed by atoms with Gasteiger partial charge in [0.2, 0.25) is 6.79 Å². The minimum atomic E-state index is -2.60. The van der Waals surface area contributed by atoms with Crippen molar-refractivity contribution in [1.29, 1.82) is 0 Å². The van der Waals surface area contributed by atoms with E-state index in [0.29, 0.717) is 5.75 Å². The Hall–Kier alpha value is -3.86. The van der Waals surface area contributed by atoms with Crippen LogP contribution in [0.25, 0.3) is 0 Å². The Balaban J connectivity index is 1.29. The molecule has 196 valence electrons. The highest BCUT2D eigenvalue weighted by atomic mass is 32.4. The first-order valence-corrected chi connectivity index (χ1v) is 15.6. The maximum absolute atomic E-state index is 6.71. The number of hydrogen-bond donors (Lipinski definition) is 0. The third kappa shape index (κ3) is 4.87. The molecule has 4 aromatic carbocycles. The summed E-state index contributed by atoms with van der Waals surface area (Å²) in [4.78, 5) is 6.84. The second-order valence-corrected chi connectivity index (χ2v) is 13.9. The van der Waals surface area contributed by atoms with Crippen LogP contribution in [0.1, 0.15) is 25.0 Å². The van der Waals surface area contributed by atoms with Crippen molar-refractivity contribution < 1.29 is 14.0 Å². The Kier molecular flexibility index (Phi) is 6.54. The van der Waals surface area contributed by atoms with E-state index in [2.05, 4.69) is 73.0 Å². The first-order chi connectivity index (χ1) is 18.8. The summed E-state index contributed by atoms with van der Waals surface area (Å²) in [7, 11) is 2.11. The molecule has 0 unspecified atom stereocenters. The molecule has 2 heterocycles. The summed E-state index contributed by atoms with van der Waals surface area (Å²) in [6.07, 6.45) is -0.781. The van der Waals surface area contributed by atoms with E-state index >= 15 is 0 Å². The number of anilines is 1. The van der Waals surface area contributed by atoms with Crippen LogP contribution in [0.2, 0.25) is 0 Å². The van der Waals surface area contributed by atoms with Gasteiger partial charge in [-0.25, -0.2) is 0 Å². The Morgan fingerprint density at radius 3 is 2.38 bits per heavy atom. The highest BCUT2D eigenvalue weighted by Gasteiger charge is 2.40. The van der Waals surface area contributed by atoms with Crippen molar-refractivity contribution in [3.05, 3.63) is 120 Å². The monoisotopic (exact) mass is 552 g/mol. The van der Waals surface area contributed by atoms with Crippen molar-refractivity contribution in [3.8, 4) is 17.2 Å². The molecule has 0 saturated carbocycles. The van der Waals surface area contributed by atoms with Gasteiger partial charge in [0.1, 0.15) is 5.75 Å². The number of allylic oxidation sites excluding steroid dienone is 1. The molecule has 0 spiro atoms. The van der Waals surface area contributed by atoms with Gasteiger partial charge in [0, 0.05) is 47.2 Å². The lowest BCUT2D eigenvalue weighted by Crippen LogP contribution is -2.24. The summed E-state index contributed by atoms with van der Waals surface area (Å²) in [5.74, 6) is 4.39. The molecule has 4 aromatic rings. The molecule has 7 heteroatoms. The number of hydrogen-bond acceptors (Lipinski definition) is 6. The molecule has 2 aliphatic rings. The van der Waals surface area contributed by atoms with Gasteiger partial charge in [0.15, 0.2) is 17.8 Å². The van der Waals surface area contributed by atoms with Crippen molar-refractivity contribution >= 4 is 41.0 Å². The lowest BCUT2D eigenvalue weighted by atomic mass is 9.84. The number of benzene rings is 4. The van der Waals surface area contributed by atoms with Crippen LogP contribution in [-0.4, -0.2) is 20.1 Å². The third-order valence-electron chi connectivity index (χ3n) is 7.19. The smallest absolute Gasteiger partial charge is 0.231 e. The van der Waals surface area contributed by atoms with Gasteiger partial charge in [-0.2, -0.15) is 0 Å². The van der Waals surface area contributed by atoms with E-state index in [0.717, 1.165) is 33.8 Å². The summed E-state index contributed by atoms with van der Waals surface area (Å²) >= 11 is 6.38. The zero-order valence-electron chi connectivity index (χ0n) is 22.1. The topological polar surface area (TPSA) is 43.3 Å². The van der Waals surface area contributed by atoms with Crippen LogP contribution in [0, 0.1) is 0 Å². The first-order valence-electron chi connectivity index (χ1n) is 12.8. The van der Waals surface area contributed by atoms with E-state index < -0.39 is 6.26 Å². The predicted octanol–water partition coefficient (Wildman–Crippen LogP) is 7.53. The Labute approximate surface area is 234 Å². The quantitative estimate of drug-likeness (QED) is 0.183. The largest absolute Gasteiger partial charge is 0.458 e. The third-order valence-corrected chi connectivity index (χ3v) is 10.4. The Morgan fingerprint density at radius 2 is 1.62 bits per heavy atom. The molecule has 0 bridgehead atoms. The average Bonchev–Trinajstić information content (AvgIpc) is 3.50. The van der Waals surface area contributed by atoms with E-state index in [1.807, 2.05) is 66.9 Å². The summed E-state index contributed by atoms with van der Waals surface area (Å²) in [5.41, 5.74) is 5.22. The highest BCUT2D eigenvalue weighted by molar-refractivity contribution is 8.17. The fraction of sp³-hybridized carbons (Fsp3) is 0.156. The molecule has 0 fully saturated rings. The molecule has 6 rings (SSSR count). The van der Waals surface area contributed by atoms with Gasteiger partial charge in [0.05, 0.1) is 5.69 Å². The standard InChI is InChI=1S/C32H29N2O3PS/c1-32(2)27-11-7-8-12-28(27)34(3)31(32)21-38(39,26-9-5-4-6-10-26)37-25-16-13-23(14-17-25)20-33-24-15-18-29-30(19-24)36-22-35-29/h4-21H,22H2,1-3H3/b31-21+,33-20?/t38-/m1/s1. The van der Waals surface area contributed by atoms with Crippen LogP contribution in [0.5, 0.6) is 17.2 Å². The minimum Gasteiger partial charge on any atom is -0.458 e. The van der Waals surface area contributed by atoms with Gasteiger partial charge >= 0.3 is 0 Å². The number of rotatable bonds is 6. The van der Waals surface area contributed by atoms with Crippen LogP contribution >= 0.6 is 6.26 Å². The molecule has 39 heavy (non-hydrogen) atoms. The normalized spacial score (nSPS) is 17.8. The highest BCUT2D eigenvalue weighted by Crippen LogP contribution is 2.55. The summed E-state index contributed by atoms with van der Waals surface area (Å²) in [6.45, 7) is 4.75. The van der Waals surface area contributed by atoms with Gasteiger partial charge in [-0.1, -0.05) is 62.4 Å². The number of para-hydroxylation sites is 1. The molecular formula is C32H29N2O3PS. The molecule has 5 nitrogen and oxygen atoms in total. The molecule has 0 aliphatic carbocycles. The zero-order chi connectivity index (χ0) is 27.0. The summed E-state index contributed by atoms with van der Waals surface area (Å²) in [6, 6.07) is 32.3. The SMILES string of the molecule is CN1/C(=C/[P@](=S)(Oc2ccc(C=Nc3ccc4c(c3)OCO4)cc2)c2ccccc2)C(C)(C)c2ccccc21. The van der Waals surface area contributed by atoms with E-state index in [1.165, 1.54) is 11.3 Å². The van der Waals surface area contributed by atoms with Crippen molar-refractivity contribution in [1.82, 2.24) is 0 Å². The molecule has 0 radical (unpaired) electrons. The van der Waals surface area contributed by atoms with Crippen molar-refractivity contribution in [2.45, 2.75) is 19.3 Å². The van der Waals surface area contributed by atoms with Crippen LogP contribution in [0.4, 0.5) is 11.4 Å². The number of fused-ring (bicyclic) bond motifs is 2. The fourth-order valence-electron chi connectivity index (χ4n) is 5.07. The van der Waals surface area contributed by atoms with Gasteiger partial charge in [-0.3, -0.25) is 4.99 Å². The number of aliphatic imine (C=N–C) groups is 1. The van der Waals surface area contributed by atoms with Crippen molar-refractivity contribution in [2.75, 3.05) is 18.7 Å². The van der Waals surface area contributed by atoms with Gasteiger partial charge in [0.25, 0.3) is 0 Å². The predicted molar refractivity (Wildman–Crippen MR) is 163 cm³/mol. The number of likely N-dealkylation sites (N-methyl/N-ethyl adjacent to an activating group) is 1. The van der Waals surface area contributed by atoms with Gasteiger partial charge in [-0.05, 0) is 65.4 Å². The average molecular weight is 553 g/mol. The molecule has 0 amide bonds. The molecule has 0 aromatic heterocycles. The van der Waals surface area contributed by atoms with E-state index in [-0.39, 0.29) is 12.2 Å². The molecular weight excluding hydrogens is 523 g/mol. The van der Waals surface area contributed by atoms with Crippen LogP contribution in [-0.2, 0) is 17.2 Å². The molecule has 1 atom stereocenters. The number of nitrogens with zero attached hydrogens (tertiary/aromatic N) is 2. The lowest BCUT2D eigenvalue weighted by molar-refractivity contribution is 0.174. The second-order valence-electron chi connectivity index (χ2n) is 10.1. The Morgan fingerprint density at radius 1 is 0.897 bits per heavy atom. The molecule has 0 N–H and O–H groups in total. The summed E-state index contributed by atoms with van der Waals surface area (Å²) in [5, 5.41) is 1.01. The maximum Gasteiger partial charge on any atom is 0.231 e. The fourth-order valence-corrected chi connectivity index (χ4v) is 8.14. The first kappa shape index (κ1) is 25.4. The van der Waals surface area contributed by atoms with Crippen LogP contribution in [0.3, 0.4) is 0 Å². The lowest BCUT2D eigenvalue weighted by Gasteiger charge is -2.28. The number of ether oxygens (including phenoxy) is 2.